The van der Waals surface area contributed by atoms with Crippen molar-refractivity contribution in [3.05, 3.63) is 58.0 Å². The average Bonchev–Trinajstić information content (AvgIpc) is 3.19. The molecule has 0 radical (unpaired) electrons. The maximum atomic E-state index is 12.9. The number of thiophene rings is 1. The molecule has 3 rings (SSSR count). The van der Waals surface area contributed by atoms with Crippen LogP contribution in [0.1, 0.15) is 29.3 Å². The molecule has 0 aliphatic carbocycles. The lowest BCUT2D eigenvalue weighted by atomic mass is 10.2. The van der Waals surface area contributed by atoms with Crippen molar-refractivity contribution in [1.82, 2.24) is 10.2 Å². The Morgan fingerprint density at radius 1 is 1.14 bits per heavy atom. The maximum absolute atomic E-state index is 12.9. The molecule has 2 nitrogen and oxygen atoms in total. The number of likely N-dealkylation sites (tertiary alicyclic amines) is 1. The maximum Gasteiger partial charge on any atom is 0.123 e. The molecule has 1 unspecified atom stereocenters. The highest BCUT2D eigenvalue weighted by Gasteiger charge is 2.23. The molecule has 0 saturated carbocycles. The predicted octanol–water partition coefficient (Wildman–Crippen LogP) is 3.81. The smallest absolute Gasteiger partial charge is 0.123 e. The van der Waals surface area contributed by atoms with E-state index in [0.29, 0.717) is 6.04 Å². The number of rotatable bonds is 6. The SMILES string of the molecule is Fc1ccc(CNCC(c2cccs2)N2CCCC2)cc1. The Kier molecular flexibility index (Phi) is 5.01. The fourth-order valence-corrected chi connectivity index (χ4v) is 3.76. The molecule has 1 atom stereocenters. The minimum Gasteiger partial charge on any atom is -0.311 e. The summed E-state index contributed by atoms with van der Waals surface area (Å²) in [6.07, 6.45) is 2.61. The molecule has 2 aromatic rings. The molecule has 2 heterocycles. The van der Waals surface area contributed by atoms with Crippen molar-refractivity contribution in [3.63, 3.8) is 0 Å². The van der Waals surface area contributed by atoms with Crippen LogP contribution in [0.4, 0.5) is 4.39 Å². The van der Waals surface area contributed by atoms with E-state index in [1.807, 2.05) is 23.5 Å². The first-order valence-corrected chi connectivity index (χ1v) is 8.43. The first kappa shape index (κ1) is 14.7. The molecule has 0 bridgehead atoms. The minimum absolute atomic E-state index is 0.174. The molecule has 4 heteroatoms. The second-order valence-corrected chi connectivity index (χ2v) is 6.51. The Labute approximate surface area is 129 Å². The molecule has 21 heavy (non-hydrogen) atoms. The highest BCUT2D eigenvalue weighted by atomic mass is 32.1. The standard InChI is InChI=1S/C17H21FN2S/c18-15-7-5-14(6-8-15)12-19-13-16(17-4-3-11-21-17)20-9-1-2-10-20/h3-8,11,16,19H,1-2,9-10,12-13H2. The van der Waals surface area contributed by atoms with Gasteiger partial charge >= 0.3 is 0 Å². The highest BCUT2D eigenvalue weighted by molar-refractivity contribution is 7.10. The number of nitrogens with zero attached hydrogens (tertiary/aromatic N) is 1. The zero-order valence-corrected chi connectivity index (χ0v) is 12.9. The van der Waals surface area contributed by atoms with E-state index in [1.165, 1.54) is 42.9 Å². The van der Waals surface area contributed by atoms with Gasteiger partial charge < -0.3 is 5.32 Å². The van der Waals surface area contributed by atoms with Gasteiger partial charge in [0.05, 0.1) is 6.04 Å². The van der Waals surface area contributed by atoms with Crippen LogP contribution >= 0.6 is 11.3 Å². The molecule has 1 saturated heterocycles. The Morgan fingerprint density at radius 3 is 2.57 bits per heavy atom. The number of hydrogen-bond donors (Lipinski definition) is 1. The van der Waals surface area contributed by atoms with Crippen LogP contribution in [0.3, 0.4) is 0 Å². The zero-order valence-electron chi connectivity index (χ0n) is 12.1. The summed E-state index contributed by atoms with van der Waals surface area (Å²) >= 11 is 1.83. The molecule has 1 aliphatic heterocycles. The van der Waals surface area contributed by atoms with Gasteiger partial charge in [-0.3, -0.25) is 4.90 Å². The van der Waals surface area contributed by atoms with Crippen LogP contribution < -0.4 is 5.32 Å². The van der Waals surface area contributed by atoms with Crippen molar-refractivity contribution >= 4 is 11.3 Å². The summed E-state index contributed by atoms with van der Waals surface area (Å²) in [6, 6.07) is 11.6. The van der Waals surface area contributed by atoms with Crippen molar-refractivity contribution in [1.29, 1.82) is 0 Å². The van der Waals surface area contributed by atoms with E-state index in [2.05, 4.69) is 27.7 Å². The van der Waals surface area contributed by atoms with E-state index in [1.54, 1.807) is 0 Å². The van der Waals surface area contributed by atoms with E-state index < -0.39 is 0 Å². The van der Waals surface area contributed by atoms with Gasteiger partial charge in [-0.1, -0.05) is 18.2 Å². The normalized spacial score (nSPS) is 17.2. The van der Waals surface area contributed by atoms with Crippen LogP contribution in [0.15, 0.2) is 41.8 Å². The number of halogens is 1. The van der Waals surface area contributed by atoms with Gasteiger partial charge in [0.2, 0.25) is 0 Å². The minimum atomic E-state index is -0.174. The van der Waals surface area contributed by atoms with Gasteiger partial charge in [-0.2, -0.15) is 0 Å². The van der Waals surface area contributed by atoms with Crippen molar-refractivity contribution in [2.75, 3.05) is 19.6 Å². The van der Waals surface area contributed by atoms with Crippen LogP contribution in [0.2, 0.25) is 0 Å². The second-order valence-electron chi connectivity index (χ2n) is 5.53. The lowest BCUT2D eigenvalue weighted by Gasteiger charge is -2.27. The van der Waals surface area contributed by atoms with Gasteiger partial charge in [0, 0.05) is 18.0 Å². The first-order chi connectivity index (χ1) is 10.3. The zero-order chi connectivity index (χ0) is 14.5. The summed E-state index contributed by atoms with van der Waals surface area (Å²) in [4.78, 5) is 4.01. The van der Waals surface area contributed by atoms with E-state index in [-0.39, 0.29) is 5.82 Å². The molecule has 1 aromatic heterocycles. The van der Waals surface area contributed by atoms with Gasteiger partial charge in [-0.05, 0) is 55.1 Å². The fraction of sp³-hybridized carbons (Fsp3) is 0.412. The summed E-state index contributed by atoms with van der Waals surface area (Å²) < 4.78 is 12.9. The number of nitrogens with one attached hydrogen (secondary N) is 1. The van der Waals surface area contributed by atoms with E-state index in [0.717, 1.165) is 18.7 Å². The third-order valence-electron chi connectivity index (χ3n) is 4.03. The van der Waals surface area contributed by atoms with Gasteiger partial charge in [0.15, 0.2) is 0 Å². The Morgan fingerprint density at radius 2 is 1.90 bits per heavy atom. The summed E-state index contributed by atoms with van der Waals surface area (Å²) in [5.74, 6) is -0.174. The van der Waals surface area contributed by atoms with Crippen molar-refractivity contribution in [3.8, 4) is 0 Å². The van der Waals surface area contributed by atoms with Gasteiger partial charge in [-0.25, -0.2) is 4.39 Å². The van der Waals surface area contributed by atoms with Crippen molar-refractivity contribution in [2.24, 2.45) is 0 Å². The molecule has 1 aliphatic rings. The summed E-state index contributed by atoms with van der Waals surface area (Å²) in [7, 11) is 0. The van der Waals surface area contributed by atoms with Crippen LogP contribution in [0.25, 0.3) is 0 Å². The molecule has 0 spiro atoms. The third-order valence-corrected chi connectivity index (χ3v) is 5.01. The van der Waals surface area contributed by atoms with Gasteiger partial charge in [0.25, 0.3) is 0 Å². The van der Waals surface area contributed by atoms with Crippen LogP contribution in [-0.4, -0.2) is 24.5 Å². The summed E-state index contributed by atoms with van der Waals surface area (Å²) in [5, 5.41) is 5.68. The quantitative estimate of drug-likeness (QED) is 0.873. The van der Waals surface area contributed by atoms with Crippen molar-refractivity contribution in [2.45, 2.75) is 25.4 Å². The monoisotopic (exact) mass is 304 g/mol. The number of benzene rings is 1. The van der Waals surface area contributed by atoms with Gasteiger partial charge in [0.1, 0.15) is 5.82 Å². The second kappa shape index (κ2) is 7.16. The van der Waals surface area contributed by atoms with Crippen LogP contribution in [0.5, 0.6) is 0 Å². The lowest BCUT2D eigenvalue weighted by molar-refractivity contribution is 0.242. The average molecular weight is 304 g/mol. The lowest BCUT2D eigenvalue weighted by Crippen LogP contribution is -2.33. The van der Waals surface area contributed by atoms with E-state index >= 15 is 0 Å². The topological polar surface area (TPSA) is 15.3 Å². The fourth-order valence-electron chi connectivity index (χ4n) is 2.90. The molecule has 1 aromatic carbocycles. The van der Waals surface area contributed by atoms with Crippen molar-refractivity contribution < 1.29 is 4.39 Å². The Balaban J connectivity index is 1.58. The predicted molar refractivity (Wildman–Crippen MR) is 86.0 cm³/mol. The highest BCUT2D eigenvalue weighted by Crippen LogP contribution is 2.27. The van der Waals surface area contributed by atoms with Crippen LogP contribution in [0, 0.1) is 5.82 Å². The number of hydrogen-bond acceptors (Lipinski definition) is 3. The Hall–Kier alpha value is -1.23. The van der Waals surface area contributed by atoms with Crippen LogP contribution in [-0.2, 0) is 6.54 Å². The largest absolute Gasteiger partial charge is 0.311 e. The Bertz CT molecular complexity index is 532. The molecule has 1 fully saturated rings. The molecular formula is C17H21FN2S. The molecule has 112 valence electrons. The summed E-state index contributed by atoms with van der Waals surface area (Å²) in [5.41, 5.74) is 1.13. The molecule has 1 N–H and O–H groups in total. The first-order valence-electron chi connectivity index (χ1n) is 7.55. The van der Waals surface area contributed by atoms with E-state index in [9.17, 15) is 4.39 Å². The van der Waals surface area contributed by atoms with Gasteiger partial charge in [-0.15, -0.1) is 11.3 Å². The molecular weight excluding hydrogens is 283 g/mol. The van der Waals surface area contributed by atoms with E-state index in [4.69, 9.17) is 0 Å². The molecule has 0 amide bonds. The summed E-state index contributed by atoms with van der Waals surface area (Å²) in [6.45, 7) is 4.12. The third kappa shape index (κ3) is 3.90.